The van der Waals surface area contributed by atoms with Gasteiger partial charge in [-0.15, -0.1) is 0 Å². The Labute approximate surface area is 577 Å². The van der Waals surface area contributed by atoms with Crippen LogP contribution >= 0.6 is 89.6 Å². The fourth-order valence-corrected chi connectivity index (χ4v) is 35.9. The van der Waals surface area contributed by atoms with Gasteiger partial charge in [0.05, 0.1) is 0 Å². The summed E-state index contributed by atoms with van der Waals surface area (Å²) in [5.41, 5.74) is 0. The Kier molecular flexibility index (Phi) is 21.7. The minimum Gasteiger partial charge on any atom is -0.309 e. The second kappa shape index (κ2) is 30.0. The topological polar surface area (TPSA) is 57.5 Å². The molecular weight excluding hydrogens is 1410 g/mol. The largest absolute Gasteiger partial charge is 0.309 e. The molecule has 15 rings (SSSR count). The van der Waals surface area contributed by atoms with Crippen molar-refractivity contribution in [2.75, 3.05) is 0 Å². The summed E-state index contributed by atoms with van der Waals surface area (Å²) < 4.78 is 17.6. The van der Waals surface area contributed by atoms with Gasteiger partial charge < -0.3 is 4.57 Å². The summed E-state index contributed by atoms with van der Waals surface area (Å²) in [6.07, 6.45) is 0. The van der Waals surface area contributed by atoms with E-state index < -0.39 is 39.1 Å². The summed E-state index contributed by atoms with van der Waals surface area (Å²) in [5, 5.41) is 35.9. The molecule has 92 heavy (non-hydrogen) atoms. The van der Waals surface area contributed by atoms with E-state index in [2.05, 4.69) is 299 Å². The Morgan fingerprint density at radius 2 is 0.641 bits per heavy atom. The van der Waals surface area contributed by atoms with Crippen molar-refractivity contribution >= 4 is 195 Å². The van der Waals surface area contributed by atoms with Gasteiger partial charge in [0, 0.05) is 41.4 Å². The standard InChI is InChI=1S/C30H22ClOPSi.C30H22ClPSi.C18H12Br2ClP.CH4.H2O2.H2/c31-23-19-21-24(22-20-23)33(32)27-15-7-9-17-29(27)34(25-11-3-1-4-12-25,26-13-5-2-6-14-26)30-18-10-8-16-28(30)33;31-23-19-21-24(22-20-23)32-27-15-7-9-17-29(27)33(25-11-3-1-4-12-25,26-13-5-2-6-14-26)30-18-10-8-16-28(30)32;19-15-5-1-3-7-17(15)22(14-11-9-13(21)10-12-14)18-8-4-2-6-16(18)20;;1-2;/h1-22H;1-22H;1-12H;1H4;1-2H;1H/i;;;;;1+1. The zero-order valence-corrected chi connectivity index (χ0v) is 59.0. The molecule has 456 valence electrons. The van der Waals surface area contributed by atoms with E-state index in [1.165, 1.54) is 73.3 Å². The van der Waals surface area contributed by atoms with E-state index in [1.807, 2.05) is 72.8 Å². The summed E-state index contributed by atoms with van der Waals surface area (Å²) >= 11 is 26.0. The number of hydrogen-bond acceptors (Lipinski definition) is 3. The molecule has 13 heteroatoms. The van der Waals surface area contributed by atoms with Gasteiger partial charge in [0.15, 0.2) is 23.3 Å². The summed E-state index contributed by atoms with van der Waals surface area (Å²) in [5.74, 6) is 0. The van der Waals surface area contributed by atoms with Crippen LogP contribution < -0.4 is 89.2 Å². The van der Waals surface area contributed by atoms with Gasteiger partial charge in [-0.3, -0.25) is 10.5 Å². The second-order valence-electron chi connectivity index (χ2n) is 21.6. The van der Waals surface area contributed by atoms with Crippen LogP contribution in [0.1, 0.15) is 8.85 Å². The van der Waals surface area contributed by atoms with Crippen LogP contribution in [0.25, 0.3) is 0 Å². The molecule has 0 spiro atoms. The maximum absolute atomic E-state index is 15.3. The van der Waals surface area contributed by atoms with Crippen LogP contribution in [0.4, 0.5) is 0 Å². The molecule has 2 aliphatic heterocycles. The molecule has 13 aromatic carbocycles. The van der Waals surface area contributed by atoms with Crippen molar-refractivity contribution in [1.82, 2.24) is 0 Å². The van der Waals surface area contributed by atoms with Crippen molar-refractivity contribution in [2.45, 2.75) is 7.43 Å². The van der Waals surface area contributed by atoms with Gasteiger partial charge in [-0.1, -0.05) is 353 Å². The normalized spacial score (nSPS) is 13.4. The molecule has 0 aliphatic carbocycles. The van der Waals surface area contributed by atoms with E-state index in [0.717, 1.165) is 34.9 Å². The molecule has 2 aliphatic rings. The van der Waals surface area contributed by atoms with Crippen LogP contribution in [-0.4, -0.2) is 26.7 Å². The Balaban J connectivity index is 0.000000152. The van der Waals surface area contributed by atoms with Crippen LogP contribution in [0, 0.1) is 0 Å². The van der Waals surface area contributed by atoms with Crippen LogP contribution in [0.3, 0.4) is 0 Å². The van der Waals surface area contributed by atoms with Gasteiger partial charge in [0.25, 0.3) is 0 Å². The molecule has 0 atom stereocenters. The lowest BCUT2D eigenvalue weighted by molar-refractivity contribution is -0.176. The molecule has 0 saturated carbocycles. The van der Waals surface area contributed by atoms with Crippen molar-refractivity contribution < 1.29 is 16.5 Å². The first-order chi connectivity index (χ1) is 44.6. The number of hydrogen-bond donors (Lipinski definition) is 2. The van der Waals surface area contributed by atoms with Gasteiger partial charge in [-0.05, 0) is 150 Å². The van der Waals surface area contributed by atoms with Gasteiger partial charge in [0.2, 0.25) is 0 Å². The molecule has 0 amide bonds. The van der Waals surface area contributed by atoms with E-state index in [1.54, 1.807) is 0 Å². The number of benzene rings is 13. The van der Waals surface area contributed by atoms with E-state index in [0.29, 0.717) is 5.02 Å². The van der Waals surface area contributed by atoms with E-state index in [4.69, 9.17) is 45.3 Å². The van der Waals surface area contributed by atoms with Crippen molar-refractivity contribution in [2.24, 2.45) is 0 Å². The van der Waals surface area contributed by atoms with Gasteiger partial charge >= 0.3 is 0 Å². The molecule has 0 radical (unpaired) electrons. The molecule has 13 aromatic rings. The van der Waals surface area contributed by atoms with Crippen LogP contribution in [0.15, 0.2) is 349 Å². The minimum atomic E-state index is -3.11. The highest BCUT2D eigenvalue weighted by Gasteiger charge is 2.53. The Morgan fingerprint density at radius 1 is 0.348 bits per heavy atom. The lowest BCUT2D eigenvalue weighted by atomic mass is 10.3. The molecule has 2 heterocycles. The van der Waals surface area contributed by atoms with Crippen molar-refractivity contribution in [1.29, 1.82) is 0 Å². The Morgan fingerprint density at radius 3 is 1.02 bits per heavy atom. The summed E-state index contributed by atoms with van der Waals surface area (Å²) in [4.78, 5) is 0. The Bertz CT molecular complexity index is 4460. The minimum absolute atomic E-state index is 0. The first kappa shape index (κ1) is 66.6. The van der Waals surface area contributed by atoms with Crippen LogP contribution in [0.2, 0.25) is 15.1 Å². The zero-order valence-electron chi connectivity index (χ0n) is 48.9. The predicted octanol–water partition coefficient (Wildman–Crippen LogP) is 14.0. The van der Waals surface area contributed by atoms with Crippen molar-refractivity contribution in [3.8, 4) is 0 Å². The third-order valence-corrected chi connectivity index (χ3v) is 38.4. The molecule has 0 aromatic heterocycles. The van der Waals surface area contributed by atoms with Gasteiger partial charge in [-0.2, -0.15) is 0 Å². The molecule has 0 bridgehead atoms. The monoisotopic (exact) mass is 1470 g/mol. The molecule has 0 fully saturated rings. The first-order valence-corrected chi connectivity index (χ1v) is 40.5. The SMILES string of the molecule is C.Clc1ccc(P(c2ccccc2Br)c2ccccc2Br)cc1.Clc1ccc(P2c3ccccc3[Si](c3ccccc3)(c3ccccc3)c3ccccc32)cc1.O=P1(c2ccc(Cl)cc2)c2ccccc2[Si](c2ccccc2)(c2ccccc2)c2ccccc21.OO.[2HH]. The summed E-state index contributed by atoms with van der Waals surface area (Å²) in [6.45, 7) is 0. The molecule has 2 N–H and O–H groups in total. The highest BCUT2D eigenvalue weighted by atomic mass is 79.9. The zero-order chi connectivity index (χ0) is 63.0. The van der Waals surface area contributed by atoms with Gasteiger partial charge in [0.1, 0.15) is 0 Å². The van der Waals surface area contributed by atoms with E-state index in [-0.39, 0.29) is 8.85 Å². The number of fused-ring (bicyclic) bond motifs is 4. The molecule has 0 saturated heterocycles. The maximum Gasteiger partial charge on any atom is 0.181 e. The lowest BCUT2D eigenvalue weighted by Gasteiger charge is -2.43. The predicted molar refractivity (Wildman–Crippen MR) is 415 cm³/mol. The number of rotatable bonds is 9. The fourth-order valence-electron chi connectivity index (χ4n) is 13.0. The maximum atomic E-state index is 15.3. The third kappa shape index (κ3) is 12.6. The quantitative estimate of drug-likeness (QED) is 0.0655. The van der Waals surface area contributed by atoms with Gasteiger partial charge in [-0.25, -0.2) is 0 Å². The summed E-state index contributed by atoms with van der Waals surface area (Å²) in [6, 6.07) is 120. The smallest absolute Gasteiger partial charge is 0.181 e. The lowest BCUT2D eigenvalue weighted by Crippen LogP contribution is -2.81. The molecular formula is C79H64Br2Cl3O3P3Si2. The average molecular weight is 1480 g/mol. The fraction of sp³-hybridized carbons (Fsp3) is 0.0127. The van der Waals surface area contributed by atoms with Crippen molar-refractivity contribution in [3.05, 3.63) is 364 Å². The summed E-state index contributed by atoms with van der Waals surface area (Å²) in [7, 11) is -9.62. The van der Waals surface area contributed by atoms with E-state index in [9.17, 15) is 0 Å². The third-order valence-electron chi connectivity index (χ3n) is 16.8. The van der Waals surface area contributed by atoms with Crippen molar-refractivity contribution in [3.63, 3.8) is 0 Å². The van der Waals surface area contributed by atoms with Crippen LogP contribution in [0.5, 0.6) is 0 Å². The average Bonchev–Trinajstić information content (AvgIpc) is 0.696. The van der Waals surface area contributed by atoms with Crippen LogP contribution in [-0.2, 0) is 4.57 Å². The highest BCUT2D eigenvalue weighted by Crippen LogP contribution is 2.45. The second-order valence-corrected chi connectivity index (χ2v) is 39.1. The Hall–Kier alpha value is -6.87. The number of halogens is 5. The van der Waals surface area contributed by atoms with E-state index >= 15 is 4.57 Å². The highest BCUT2D eigenvalue weighted by molar-refractivity contribution is 9.11. The first-order valence-electron chi connectivity index (χ1n) is 29.4. The molecule has 0 unspecified atom stereocenters. The molecule has 3 nitrogen and oxygen atoms in total.